The molecule has 0 fully saturated rings. The summed E-state index contributed by atoms with van der Waals surface area (Å²) in [5.41, 5.74) is 5.98. The summed E-state index contributed by atoms with van der Waals surface area (Å²) in [6.45, 7) is 1.50. The Morgan fingerprint density at radius 2 is 1.70 bits per heavy atom. The number of aliphatic hydroxyl groups excluding tert-OH is 1. The van der Waals surface area contributed by atoms with E-state index in [-0.39, 0.29) is 12.5 Å². The van der Waals surface area contributed by atoms with Crippen LogP contribution >= 0.6 is 0 Å². The second-order valence-corrected chi connectivity index (χ2v) is 6.25. The Balaban J connectivity index is 1.72. The minimum absolute atomic E-state index is 0.0182. The second-order valence-electron chi connectivity index (χ2n) is 6.25. The topological polar surface area (TPSA) is 79.5 Å². The van der Waals surface area contributed by atoms with Gasteiger partial charge in [-0.1, -0.05) is 36.4 Å². The predicted molar refractivity (Wildman–Crippen MR) is 104 cm³/mol. The number of imidazole rings is 1. The molecule has 0 aliphatic carbocycles. The van der Waals surface area contributed by atoms with E-state index in [4.69, 9.17) is 5.10 Å². The molecule has 6 heteroatoms. The van der Waals surface area contributed by atoms with Crippen LogP contribution in [0.5, 0.6) is 0 Å². The number of hydrogen-bond acceptors (Lipinski definition) is 4. The van der Waals surface area contributed by atoms with Crippen molar-refractivity contribution in [1.82, 2.24) is 14.6 Å². The van der Waals surface area contributed by atoms with Gasteiger partial charge in [-0.05, 0) is 29.8 Å². The number of amides is 1. The third-order valence-corrected chi connectivity index (χ3v) is 4.30. The summed E-state index contributed by atoms with van der Waals surface area (Å²) in [5, 5.41) is 16.7. The lowest BCUT2D eigenvalue weighted by atomic mass is 10.1. The molecule has 2 N–H and O–H groups in total. The summed E-state index contributed by atoms with van der Waals surface area (Å²) in [7, 11) is 0. The monoisotopic (exact) mass is 358 g/mol. The third kappa shape index (κ3) is 3.43. The fraction of sp³-hybridized carbons (Fsp3) is 0.0952. The summed E-state index contributed by atoms with van der Waals surface area (Å²) in [6, 6.07) is 19.1. The lowest BCUT2D eigenvalue weighted by Gasteiger charge is -2.07. The Morgan fingerprint density at radius 3 is 2.37 bits per heavy atom. The molecule has 0 saturated carbocycles. The van der Waals surface area contributed by atoms with E-state index in [1.54, 1.807) is 6.20 Å². The molecule has 4 aromatic rings. The Bertz CT molecular complexity index is 1100. The Labute approximate surface area is 156 Å². The number of rotatable bonds is 4. The van der Waals surface area contributed by atoms with Gasteiger partial charge in [-0.2, -0.15) is 5.10 Å². The molecule has 134 valence electrons. The fourth-order valence-corrected chi connectivity index (χ4v) is 2.93. The zero-order chi connectivity index (χ0) is 18.8. The molecule has 0 atom stereocenters. The number of aromatic nitrogens is 3. The Kier molecular flexibility index (Phi) is 4.40. The fourth-order valence-electron chi connectivity index (χ4n) is 2.93. The highest BCUT2D eigenvalue weighted by molar-refractivity contribution is 5.88. The van der Waals surface area contributed by atoms with Gasteiger partial charge in [0.25, 0.3) is 0 Å². The van der Waals surface area contributed by atoms with Crippen LogP contribution in [-0.4, -0.2) is 25.6 Å². The number of anilines is 1. The van der Waals surface area contributed by atoms with Crippen LogP contribution in [0.25, 0.3) is 28.2 Å². The molecule has 0 spiro atoms. The zero-order valence-electron chi connectivity index (χ0n) is 14.8. The molecule has 1 amide bonds. The second kappa shape index (κ2) is 7.01. The van der Waals surface area contributed by atoms with E-state index in [0.29, 0.717) is 0 Å². The van der Waals surface area contributed by atoms with Gasteiger partial charge in [0.2, 0.25) is 5.91 Å². The van der Waals surface area contributed by atoms with Gasteiger partial charge >= 0.3 is 0 Å². The minimum Gasteiger partial charge on any atom is -0.392 e. The Morgan fingerprint density at radius 1 is 1.00 bits per heavy atom. The third-order valence-electron chi connectivity index (χ3n) is 4.30. The summed E-state index contributed by atoms with van der Waals surface area (Å²) >= 11 is 0. The summed E-state index contributed by atoms with van der Waals surface area (Å²) in [4.78, 5) is 15.6. The van der Waals surface area contributed by atoms with E-state index in [9.17, 15) is 9.90 Å². The number of fused-ring (bicyclic) bond motifs is 1. The van der Waals surface area contributed by atoms with Gasteiger partial charge in [0.15, 0.2) is 5.65 Å². The number of nitrogens with one attached hydrogen (secondary N) is 1. The van der Waals surface area contributed by atoms with Gasteiger partial charge in [0.05, 0.1) is 24.2 Å². The molecule has 27 heavy (non-hydrogen) atoms. The van der Waals surface area contributed by atoms with Crippen LogP contribution in [-0.2, 0) is 11.4 Å². The van der Waals surface area contributed by atoms with E-state index in [2.05, 4.69) is 10.3 Å². The molecule has 2 heterocycles. The highest BCUT2D eigenvalue weighted by Crippen LogP contribution is 2.24. The van der Waals surface area contributed by atoms with Crippen LogP contribution in [0.4, 0.5) is 5.69 Å². The first-order valence-corrected chi connectivity index (χ1v) is 8.57. The van der Waals surface area contributed by atoms with Crippen molar-refractivity contribution in [1.29, 1.82) is 0 Å². The van der Waals surface area contributed by atoms with Crippen molar-refractivity contribution in [2.45, 2.75) is 13.5 Å². The zero-order valence-corrected chi connectivity index (χ0v) is 14.8. The average molecular weight is 358 g/mol. The highest BCUT2D eigenvalue weighted by atomic mass is 16.3. The number of carbonyl (C=O) groups is 1. The van der Waals surface area contributed by atoms with Crippen LogP contribution < -0.4 is 5.32 Å². The maximum atomic E-state index is 11.1. The standard InChI is InChI=1S/C21H18N4O2/c1-14(27)23-18-8-6-16(7-9-18)19-10-11-21-22-12-20(25(21)24-19)17-4-2-15(13-26)3-5-17/h2-12,26H,13H2,1H3,(H,23,27). The molecule has 0 saturated heterocycles. The number of hydrogen-bond donors (Lipinski definition) is 2. The molecule has 0 radical (unpaired) electrons. The van der Waals surface area contributed by atoms with E-state index in [0.717, 1.165) is 39.4 Å². The first-order valence-electron chi connectivity index (χ1n) is 8.57. The van der Waals surface area contributed by atoms with Crippen molar-refractivity contribution in [2.24, 2.45) is 0 Å². The summed E-state index contributed by atoms with van der Waals surface area (Å²) < 4.78 is 1.81. The molecule has 0 aliphatic rings. The van der Waals surface area contributed by atoms with Crippen molar-refractivity contribution in [3.05, 3.63) is 72.4 Å². The number of aliphatic hydroxyl groups is 1. The number of carbonyl (C=O) groups excluding carboxylic acids is 1. The molecule has 0 aliphatic heterocycles. The molecular weight excluding hydrogens is 340 g/mol. The first-order chi connectivity index (χ1) is 13.1. The van der Waals surface area contributed by atoms with Gasteiger partial charge in [-0.15, -0.1) is 0 Å². The predicted octanol–water partition coefficient (Wildman–Crippen LogP) is 3.51. The minimum atomic E-state index is -0.0995. The lowest BCUT2D eigenvalue weighted by Crippen LogP contribution is -2.05. The molecule has 2 aromatic carbocycles. The van der Waals surface area contributed by atoms with E-state index in [1.165, 1.54) is 6.92 Å². The van der Waals surface area contributed by atoms with Gasteiger partial charge < -0.3 is 10.4 Å². The van der Waals surface area contributed by atoms with Crippen LogP contribution in [0.3, 0.4) is 0 Å². The van der Waals surface area contributed by atoms with Crippen LogP contribution in [0.1, 0.15) is 12.5 Å². The van der Waals surface area contributed by atoms with Crippen LogP contribution in [0.15, 0.2) is 66.9 Å². The van der Waals surface area contributed by atoms with Crippen molar-refractivity contribution < 1.29 is 9.90 Å². The summed E-state index contributed by atoms with van der Waals surface area (Å²) in [6.07, 6.45) is 1.79. The maximum Gasteiger partial charge on any atom is 0.221 e. The molecule has 6 nitrogen and oxygen atoms in total. The van der Waals surface area contributed by atoms with Crippen molar-refractivity contribution in [2.75, 3.05) is 5.32 Å². The first kappa shape index (κ1) is 16.9. The highest BCUT2D eigenvalue weighted by Gasteiger charge is 2.09. The largest absolute Gasteiger partial charge is 0.392 e. The van der Waals surface area contributed by atoms with Crippen molar-refractivity contribution in [3.8, 4) is 22.5 Å². The Hall–Kier alpha value is -3.51. The maximum absolute atomic E-state index is 11.1. The normalized spacial score (nSPS) is 10.9. The van der Waals surface area contributed by atoms with Gasteiger partial charge in [0, 0.05) is 23.7 Å². The van der Waals surface area contributed by atoms with Gasteiger partial charge in [-0.3, -0.25) is 4.79 Å². The molecule has 2 aromatic heterocycles. The molecule has 0 unspecified atom stereocenters. The summed E-state index contributed by atoms with van der Waals surface area (Å²) in [5.74, 6) is -0.0995. The molecule has 4 rings (SSSR count). The van der Waals surface area contributed by atoms with Crippen molar-refractivity contribution in [3.63, 3.8) is 0 Å². The molecular formula is C21H18N4O2. The SMILES string of the molecule is CC(=O)Nc1ccc(-c2ccc3ncc(-c4ccc(CO)cc4)n3n2)cc1. The number of benzene rings is 2. The van der Waals surface area contributed by atoms with Gasteiger partial charge in [-0.25, -0.2) is 9.50 Å². The van der Waals surface area contributed by atoms with Crippen LogP contribution in [0, 0.1) is 0 Å². The average Bonchev–Trinajstić information content (AvgIpc) is 3.11. The van der Waals surface area contributed by atoms with E-state index in [1.807, 2.05) is 65.2 Å². The smallest absolute Gasteiger partial charge is 0.221 e. The van der Waals surface area contributed by atoms with Crippen molar-refractivity contribution >= 4 is 17.2 Å². The van der Waals surface area contributed by atoms with Crippen LogP contribution in [0.2, 0.25) is 0 Å². The quantitative estimate of drug-likeness (QED) is 0.585. The van der Waals surface area contributed by atoms with E-state index >= 15 is 0 Å². The van der Waals surface area contributed by atoms with E-state index < -0.39 is 0 Å². The number of nitrogens with zero attached hydrogens (tertiary/aromatic N) is 3. The van der Waals surface area contributed by atoms with Gasteiger partial charge in [0.1, 0.15) is 0 Å². The molecule has 0 bridgehead atoms. The lowest BCUT2D eigenvalue weighted by molar-refractivity contribution is -0.114.